The van der Waals surface area contributed by atoms with Gasteiger partial charge in [0.15, 0.2) is 5.76 Å². The Hall–Kier alpha value is -2.75. The lowest BCUT2D eigenvalue weighted by molar-refractivity contribution is 0.0726. The molecule has 136 valence electrons. The highest BCUT2D eigenvalue weighted by Gasteiger charge is 2.38. The van der Waals surface area contributed by atoms with Crippen molar-refractivity contribution in [3.05, 3.63) is 107 Å². The molecule has 4 rings (SSSR count). The van der Waals surface area contributed by atoms with Gasteiger partial charge in [-0.15, -0.1) is 0 Å². The van der Waals surface area contributed by atoms with E-state index in [-0.39, 0.29) is 6.04 Å². The fourth-order valence-electron chi connectivity index (χ4n) is 3.45. The number of hydrazine groups is 1. The molecule has 0 fully saturated rings. The normalized spacial score (nSPS) is 17.4. The van der Waals surface area contributed by atoms with Crippen LogP contribution in [0, 0.1) is 0 Å². The van der Waals surface area contributed by atoms with Crippen LogP contribution in [0.3, 0.4) is 0 Å². The van der Waals surface area contributed by atoms with Crippen LogP contribution >= 0.6 is 11.6 Å². The van der Waals surface area contributed by atoms with E-state index in [1.165, 1.54) is 5.56 Å². The van der Waals surface area contributed by atoms with Gasteiger partial charge in [0.2, 0.25) is 0 Å². The van der Waals surface area contributed by atoms with Crippen molar-refractivity contribution in [3.8, 4) is 5.75 Å². The van der Waals surface area contributed by atoms with Gasteiger partial charge in [-0.3, -0.25) is 0 Å². The zero-order valence-corrected chi connectivity index (χ0v) is 16.1. The number of rotatable bonds is 4. The predicted molar refractivity (Wildman–Crippen MR) is 110 cm³/mol. The highest BCUT2D eigenvalue weighted by molar-refractivity contribution is 6.30. The number of benzene rings is 3. The van der Waals surface area contributed by atoms with Crippen molar-refractivity contribution in [1.29, 1.82) is 0 Å². The van der Waals surface area contributed by atoms with Crippen LogP contribution in [0.25, 0.3) is 5.70 Å². The summed E-state index contributed by atoms with van der Waals surface area (Å²) in [6.45, 7) is 0. The fourth-order valence-corrected chi connectivity index (χ4v) is 3.58. The molecule has 1 heterocycles. The second-order valence-corrected chi connectivity index (χ2v) is 6.98. The van der Waals surface area contributed by atoms with Gasteiger partial charge in [0.25, 0.3) is 0 Å². The summed E-state index contributed by atoms with van der Waals surface area (Å²) in [5, 5.41) is 5.04. The third-order valence-electron chi connectivity index (χ3n) is 4.86. The zero-order chi connectivity index (χ0) is 18.8. The predicted octanol–water partition coefficient (Wildman–Crippen LogP) is 5.62. The molecule has 0 saturated heterocycles. The van der Waals surface area contributed by atoms with Crippen molar-refractivity contribution in [1.82, 2.24) is 10.0 Å². The molecule has 0 bridgehead atoms. The lowest BCUT2D eigenvalue weighted by atomic mass is 10.0. The second-order valence-electron chi connectivity index (χ2n) is 6.55. The van der Waals surface area contributed by atoms with Gasteiger partial charge >= 0.3 is 0 Å². The van der Waals surface area contributed by atoms with Crippen molar-refractivity contribution >= 4 is 17.3 Å². The number of hydrogen-bond acceptors (Lipinski definition) is 3. The van der Waals surface area contributed by atoms with Crippen molar-refractivity contribution in [2.75, 3.05) is 14.1 Å². The molecule has 1 atom stereocenters. The van der Waals surface area contributed by atoms with Crippen LogP contribution < -0.4 is 4.74 Å². The molecule has 3 aromatic rings. The monoisotopic (exact) mass is 376 g/mol. The first-order valence-electron chi connectivity index (χ1n) is 8.89. The van der Waals surface area contributed by atoms with Crippen LogP contribution in [-0.4, -0.2) is 24.1 Å². The molecule has 3 aromatic carbocycles. The van der Waals surface area contributed by atoms with Gasteiger partial charge in [-0.25, -0.2) is 5.01 Å². The quantitative estimate of drug-likeness (QED) is 0.587. The van der Waals surface area contributed by atoms with E-state index in [1.807, 2.05) is 48.5 Å². The molecule has 0 N–H and O–H groups in total. The molecule has 4 heteroatoms. The minimum atomic E-state index is -0.0120. The van der Waals surface area contributed by atoms with Crippen molar-refractivity contribution in [3.63, 3.8) is 0 Å². The van der Waals surface area contributed by atoms with Gasteiger partial charge in [0.1, 0.15) is 11.8 Å². The van der Waals surface area contributed by atoms with Crippen LogP contribution in [0.2, 0.25) is 5.02 Å². The van der Waals surface area contributed by atoms with Gasteiger partial charge in [-0.05, 0) is 29.8 Å². The number of hydrogen-bond donors (Lipinski definition) is 0. The van der Waals surface area contributed by atoms with Crippen LogP contribution in [0.1, 0.15) is 17.2 Å². The average Bonchev–Trinajstić information content (AvgIpc) is 2.95. The highest BCUT2D eigenvalue weighted by atomic mass is 35.5. The highest BCUT2D eigenvalue weighted by Crippen LogP contribution is 2.43. The lowest BCUT2D eigenvalue weighted by Gasteiger charge is -2.28. The molecular weight excluding hydrogens is 356 g/mol. The minimum absolute atomic E-state index is 0.0120. The van der Waals surface area contributed by atoms with Gasteiger partial charge in [0, 0.05) is 24.7 Å². The molecule has 1 unspecified atom stereocenters. The average molecular weight is 377 g/mol. The number of halogens is 1. The van der Waals surface area contributed by atoms with E-state index in [0.29, 0.717) is 5.02 Å². The summed E-state index contributed by atoms with van der Waals surface area (Å²) in [7, 11) is 4.15. The van der Waals surface area contributed by atoms with E-state index < -0.39 is 0 Å². The summed E-state index contributed by atoms with van der Waals surface area (Å²) in [6.07, 6.45) is 0. The topological polar surface area (TPSA) is 15.7 Å². The van der Waals surface area contributed by atoms with E-state index in [9.17, 15) is 0 Å². The lowest BCUT2D eigenvalue weighted by Crippen LogP contribution is -2.32. The maximum atomic E-state index is 6.44. The van der Waals surface area contributed by atoms with Crippen molar-refractivity contribution < 1.29 is 4.74 Å². The van der Waals surface area contributed by atoms with Gasteiger partial charge in [0.05, 0.1) is 5.70 Å². The number of ether oxygens (including phenoxy) is 1. The Morgan fingerprint density at radius 2 is 1.37 bits per heavy atom. The third kappa shape index (κ3) is 3.44. The number of nitrogens with zero attached hydrogens (tertiary/aromatic N) is 2. The molecule has 1 aliphatic rings. The smallest absolute Gasteiger partial charge is 0.153 e. The van der Waals surface area contributed by atoms with Crippen LogP contribution in [0.5, 0.6) is 5.75 Å². The molecule has 1 aliphatic heterocycles. The Morgan fingerprint density at radius 1 is 0.778 bits per heavy atom. The Kier molecular flexibility index (Phi) is 4.88. The van der Waals surface area contributed by atoms with Gasteiger partial charge in [-0.2, -0.15) is 0 Å². The van der Waals surface area contributed by atoms with Gasteiger partial charge in [-0.1, -0.05) is 72.3 Å². The van der Waals surface area contributed by atoms with E-state index >= 15 is 0 Å². The molecule has 0 aliphatic carbocycles. The molecule has 0 saturated carbocycles. The molecule has 0 amide bonds. The van der Waals surface area contributed by atoms with E-state index in [1.54, 1.807) is 0 Å². The van der Waals surface area contributed by atoms with E-state index in [0.717, 1.165) is 22.8 Å². The molecule has 0 aromatic heterocycles. The maximum Gasteiger partial charge on any atom is 0.153 e. The SMILES string of the molecule is CN1C(c2ccccc2)=C(Oc2ccc(Cl)cc2)C(c2ccccc2)N1C. The van der Waals surface area contributed by atoms with Gasteiger partial charge < -0.3 is 9.75 Å². The maximum absolute atomic E-state index is 6.44. The molecular formula is C23H21ClN2O. The standard InChI is InChI=1S/C23H21ClN2O/c1-25-21(17-9-5-3-6-10-17)23(27-20-15-13-19(24)14-16-20)22(26(25)2)18-11-7-4-8-12-18/h3-16,21H,1-2H3. The third-order valence-corrected chi connectivity index (χ3v) is 5.11. The summed E-state index contributed by atoms with van der Waals surface area (Å²) >= 11 is 6.04. The summed E-state index contributed by atoms with van der Waals surface area (Å²) in [5.74, 6) is 1.67. The zero-order valence-electron chi connectivity index (χ0n) is 15.3. The van der Waals surface area contributed by atoms with E-state index in [2.05, 4.69) is 60.5 Å². The summed E-state index contributed by atoms with van der Waals surface area (Å²) in [4.78, 5) is 0. The van der Waals surface area contributed by atoms with Crippen LogP contribution in [-0.2, 0) is 0 Å². The van der Waals surface area contributed by atoms with Crippen molar-refractivity contribution in [2.24, 2.45) is 0 Å². The summed E-state index contributed by atoms with van der Waals surface area (Å²) < 4.78 is 6.44. The molecule has 0 spiro atoms. The summed E-state index contributed by atoms with van der Waals surface area (Å²) in [6, 6.07) is 28.2. The Bertz CT molecular complexity index is 939. The molecule has 3 nitrogen and oxygen atoms in total. The Labute approximate surface area is 165 Å². The minimum Gasteiger partial charge on any atom is -0.457 e. The first kappa shape index (κ1) is 17.7. The number of likely N-dealkylation sites (N-methyl/N-ethyl adjacent to an activating group) is 1. The first-order valence-corrected chi connectivity index (χ1v) is 9.27. The largest absolute Gasteiger partial charge is 0.457 e. The van der Waals surface area contributed by atoms with E-state index in [4.69, 9.17) is 16.3 Å². The van der Waals surface area contributed by atoms with Crippen LogP contribution in [0.4, 0.5) is 0 Å². The van der Waals surface area contributed by atoms with Crippen molar-refractivity contribution in [2.45, 2.75) is 6.04 Å². The summed E-state index contributed by atoms with van der Waals surface area (Å²) in [5.41, 5.74) is 3.36. The van der Waals surface area contributed by atoms with Crippen LogP contribution in [0.15, 0.2) is 90.7 Å². The molecule has 27 heavy (non-hydrogen) atoms. The molecule has 0 radical (unpaired) electrons. The Balaban J connectivity index is 1.85. The first-order chi connectivity index (χ1) is 13.1. The fraction of sp³-hybridized carbons (Fsp3) is 0.130. The second kappa shape index (κ2) is 7.47. The Morgan fingerprint density at radius 3 is 2.00 bits per heavy atom.